The first-order chi connectivity index (χ1) is 13.1. The van der Waals surface area contributed by atoms with Gasteiger partial charge in [-0.3, -0.25) is 4.57 Å². The molecule has 7 nitrogen and oxygen atoms in total. The number of aliphatic hydroxyl groups is 1. The lowest BCUT2D eigenvalue weighted by Gasteiger charge is -2.26. The number of hydrogen-bond acceptors (Lipinski definition) is 6. The highest BCUT2D eigenvalue weighted by molar-refractivity contribution is 5.82. The van der Waals surface area contributed by atoms with E-state index in [0.717, 1.165) is 19.3 Å². The highest BCUT2D eigenvalue weighted by Gasteiger charge is 2.27. The Balaban J connectivity index is 1.76. The number of terminal acetylenes is 1. The Morgan fingerprint density at radius 3 is 2.81 bits per heavy atom. The van der Waals surface area contributed by atoms with Crippen LogP contribution >= 0.6 is 0 Å². The maximum Gasteiger partial charge on any atom is 0.209 e. The predicted molar refractivity (Wildman–Crippen MR) is 101 cm³/mol. The molecule has 1 unspecified atom stereocenters. The monoisotopic (exact) mass is 363 g/mol. The van der Waals surface area contributed by atoms with Gasteiger partial charge in [-0.1, -0.05) is 18.3 Å². The number of aromatic nitrogens is 4. The zero-order valence-corrected chi connectivity index (χ0v) is 15.0. The molecule has 1 atom stereocenters. The quantitative estimate of drug-likeness (QED) is 0.793. The van der Waals surface area contributed by atoms with E-state index in [1.165, 1.54) is 0 Å². The van der Waals surface area contributed by atoms with Crippen molar-refractivity contribution >= 4 is 17.0 Å². The van der Waals surface area contributed by atoms with Gasteiger partial charge in [0.05, 0.1) is 12.8 Å². The van der Waals surface area contributed by atoms with Crippen LogP contribution in [0.25, 0.3) is 11.2 Å². The van der Waals surface area contributed by atoms with Crippen LogP contribution in [0, 0.1) is 24.2 Å². The van der Waals surface area contributed by atoms with Crippen LogP contribution in [0.4, 0.5) is 5.82 Å². The molecule has 0 aromatic carbocycles. The Bertz CT molecular complexity index is 991. The molecular formula is C20H21N5O2. The highest BCUT2D eigenvalue weighted by atomic mass is 16.5. The summed E-state index contributed by atoms with van der Waals surface area (Å²) in [5.74, 6) is 9.63. The van der Waals surface area contributed by atoms with Crippen molar-refractivity contribution in [3.63, 3.8) is 0 Å². The molecule has 3 heterocycles. The molecule has 1 aliphatic heterocycles. The fourth-order valence-corrected chi connectivity index (χ4v) is 3.57. The van der Waals surface area contributed by atoms with Gasteiger partial charge in [-0.05, 0) is 37.7 Å². The molecule has 2 aromatic heterocycles. The molecule has 2 aromatic rings. The van der Waals surface area contributed by atoms with Gasteiger partial charge in [-0.2, -0.15) is 0 Å². The smallest absolute Gasteiger partial charge is 0.209 e. The van der Waals surface area contributed by atoms with Crippen LogP contribution in [0.5, 0.6) is 0 Å². The third kappa shape index (κ3) is 3.34. The number of nitrogens with zero attached hydrogens (tertiary/aromatic N) is 4. The van der Waals surface area contributed by atoms with Crippen molar-refractivity contribution in [2.75, 3.05) is 5.73 Å². The van der Waals surface area contributed by atoms with Gasteiger partial charge in [0.1, 0.15) is 5.60 Å². The van der Waals surface area contributed by atoms with E-state index in [9.17, 15) is 5.11 Å². The largest absolute Gasteiger partial charge is 0.490 e. The van der Waals surface area contributed by atoms with E-state index in [4.69, 9.17) is 16.9 Å². The maximum atomic E-state index is 10.6. The second kappa shape index (κ2) is 6.94. The molecule has 27 heavy (non-hydrogen) atoms. The number of nitrogen functional groups attached to an aromatic ring is 1. The van der Waals surface area contributed by atoms with E-state index in [1.807, 2.05) is 10.6 Å². The van der Waals surface area contributed by atoms with E-state index < -0.39 is 5.60 Å². The molecule has 1 saturated carbocycles. The molecule has 4 rings (SSSR count). The van der Waals surface area contributed by atoms with Crippen molar-refractivity contribution in [1.29, 1.82) is 0 Å². The number of hydrogen-bond donors (Lipinski definition) is 2. The summed E-state index contributed by atoms with van der Waals surface area (Å²) in [5, 5.41) is 10.6. The molecule has 0 spiro atoms. The van der Waals surface area contributed by atoms with Gasteiger partial charge >= 0.3 is 0 Å². The predicted octanol–water partition coefficient (Wildman–Crippen LogP) is 2.06. The minimum absolute atomic E-state index is 0.218. The van der Waals surface area contributed by atoms with Crippen molar-refractivity contribution in [1.82, 2.24) is 19.5 Å². The summed E-state index contributed by atoms with van der Waals surface area (Å²) in [7, 11) is 0. The number of fused-ring (bicyclic) bond motifs is 1. The number of ether oxygens (including phenoxy) is 1. The molecule has 0 radical (unpaired) electrons. The van der Waals surface area contributed by atoms with Crippen molar-refractivity contribution in [3.05, 3.63) is 24.0 Å². The first kappa shape index (κ1) is 17.4. The molecule has 138 valence electrons. The van der Waals surface area contributed by atoms with Crippen molar-refractivity contribution < 1.29 is 9.84 Å². The third-order valence-electron chi connectivity index (χ3n) is 4.97. The van der Waals surface area contributed by atoms with Gasteiger partial charge in [0.2, 0.25) is 5.82 Å². The Morgan fingerprint density at radius 1 is 1.30 bits per heavy atom. The Hall–Kier alpha value is -3.03. The van der Waals surface area contributed by atoms with E-state index in [1.54, 1.807) is 6.26 Å². The van der Waals surface area contributed by atoms with E-state index in [0.29, 0.717) is 42.8 Å². The highest BCUT2D eigenvalue weighted by Crippen LogP contribution is 2.30. The summed E-state index contributed by atoms with van der Waals surface area (Å²) in [6.07, 6.45) is 14.0. The molecule has 0 amide bonds. The summed E-state index contributed by atoms with van der Waals surface area (Å²) in [6, 6.07) is 0. The van der Waals surface area contributed by atoms with Gasteiger partial charge in [0.15, 0.2) is 28.9 Å². The molecule has 1 fully saturated rings. The number of rotatable bonds is 2. The summed E-state index contributed by atoms with van der Waals surface area (Å²) in [4.78, 5) is 13.3. The summed E-state index contributed by atoms with van der Waals surface area (Å²) < 4.78 is 7.39. The first-order valence-electron chi connectivity index (χ1n) is 9.13. The van der Waals surface area contributed by atoms with Crippen molar-refractivity contribution in [3.8, 4) is 24.2 Å². The van der Waals surface area contributed by atoms with E-state index >= 15 is 0 Å². The summed E-state index contributed by atoms with van der Waals surface area (Å²) in [6.45, 7) is 0.291. The molecule has 2 aliphatic rings. The van der Waals surface area contributed by atoms with Crippen LogP contribution in [-0.2, 0) is 11.3 Å². The Labute approximate surface area is 157 Å². The minimum atomic E-state index is -0.973. The average molecular weight is 363 g/mol. The normalized spacial score (nSPS) is 20.7. The van der Waals surface area contributed by atoms with Crippen molar-refractivity contribution in [2.45, 2.75) is 56.8 Å². The zero-order chi connectivity index (χ0) is 18.9. The lowest BCUT2D eigenvalue weighted by molar-refractivity contribution is 0.0610. The Kier molecular flexibility index (Phi) is 4.47. The molecule has 1 aliphatic carbocycles. The SMILES string of the molecule is C#CCn1c(C2CC=CO2)nc2c(N)nc(C#CC3(O)CCCCC3)nc21. The summed E-state index contributed by atoms with van der Waals surface area (Å²) >= 11 is 0. The number of imidazole rings is 1. The number of nitrogens with two attached hydrogens (primary N) is 1. The third-order valence-corrected chi connectivity index (χ3v) is 4.97. The van der Waals surface area contributed by atoms with Gasteiger partial charge in [-0.25, -0.2) is 15.0 Å². The Morgan fingerprint density at radius 2 is 2.11 bits per heavy atom. The van der Waals surface area contributed by atoms with Crippen LogP contribution in [0.15, 0.2) is 12.3 Å². The number of anilines is 1. The van der Waals surface area contributed by atoms with Crippen molar-refractivity contribution in [2.24, 2.45) is 0 Å². The topological polar surface area (TPSA) is 99.1 Å². The van der Waals surface area contributed by atoms with Crippen LogP contribution in [0.2, 0.25) is 0 Å². The van der Waals surface area contributed by atoms with Crippen LogP contribution in [0.3, 0.4) is 0 Å². The van der Waals surface area contributed by atoms with Crippen LogP contribution in [0.1, 0.15) is 56.3 Å². The summed E-state index contributed by atoms with van der Waals surface area (Å²) in [5.41, 5.74) is 6.15. The first-order valence-corrected chi connectivity index (χ1v) is 9.13. The molecule has 0 saturated heterocycles. The van der Waals surface area contributed by atoms with Gasteiger partial charge in [-0.15, -0.1) is 6.42 Å². The van der Waals surface area contributed by atoms with Crippen LogP contribution in [-0.4, -0.2) is 30.2 Å². The molecule has 0 bridgehead atoms. The second-order valence-electron chi connectivity index (χ2n) is 6.94. The van der Waals surface area contributed by atoms with Gasteiger partial charge in [0, 0.05) is 6.42 Å². The average Bonchev–Trinajstić information content (AvgIpc) is 3.30. The van der Waals surface area contributed by atoms with E-state index in [-0.39, 0.29) is 17.7 Å². The molecule has 7 heteroatoms. The van der Waals surface area contributed by atoms with E-state index in [2.05, 4.69) is 32.7 Å². The van der Waals surface area contributed by atoms with Gasteiger partial charge < -0.3 is 15.6 Å². The lowest BCUT2D eigenvalue weighted by Crippen LogP contribution is -2.29. The molecular weight excluding hydrogens is 342 g/mol. The fraction of sp³-hybridized carbons (Fsp3) is 0.450. The molecule has 3 N–H and O–H groups in total. The van der Waals surface area contributed by atoms with Gasteiger partial charge in [0.25, 0.3) is 0 Å². The van der Waals surface area contributed by atoms with Crippen LogP contribution < -0.4 is 5.73 Å². The standard InChI is InChI=1S/C20H21N5O2/c1-2-12-25-18(14-7-6-13-27-14)24-16-17(21)22-15(23-19(16)25)8-11-20(26)9-4-3-5-10-20/h1,6,13-14,26H,3-5,7,9-10,12H2,(H2,21,22,23). The zero-order valence-electron chi connectivity index (χ0n) is 15.0. The minimum Gasteiger partial charge on any atom is -0.490 e. The maximum absolute atomic E-state index is 10.6. The lowest BCUT2D eigenvalue weighted by atomic mass is 9.85. The fourth-order valence-electron chi connectivity index (χ4n) is 3.57. The second-order valence-corrected chi connectivity index (χ2v) is 6.94.